The average Bonchev–Trinajstić information content (AvgIpc) is 3.48. The van der Waals surface area contributed by atoms with E-state index in [0.717, 1.165) is 18.4 Å². The molecule has 33 heavy (non-hydrogen) atoms. The van der Waals surface area contributed by atoms with Gasteiger partial charge in [0.2, 0.25) is 5.95 Å². The molecular weight excluding hydrogens is 435 g/mol. The number of halogens is 3. The monoisotopic (exact) mass is 459 g/mol. The Balaban J connectivity index is 1.30. The summed E-state index contributed by atoms with van der Waals surface area (Å²) in [5.41, 5.74) is 3.19. The number of hydrogen-bond acceptors (Lipinski definition) is 7. The molecule has 2 aliphatic carbocycles. The van der Waals surface area contributed by atoms with E-state index in [1.165, 1.54) is 0 Å². The average molecular weight is 459 g/mol. The molecule has 3 aliphatic rings. The van der Waals surface area contributed by atoms with Crippen LogP contribution in [0.3, 0.4) is 0 Å². The highest BCUT2D eigenvalue weighted by Gasteiger charge is 2.49. The number of fused-ring (bicyclic) bond motifs is 1. The molecule has 0 amide bonds. The molecule has 0 aromatic carbocycles. The number of anilines is 1. The van der Waals surface area contributed by atoms with Crippen LogP contribution in [0.2, 0.25) is 0 Å². The van der Waals surface area contributed by atoms with E-state index >= 15 is 0 Å². The topological polar surface area (TPSA) is 81.9 Å². The number of hydrogen-bond donors (Lipinski definition) is 0. The van der Waals surface area contributed by atoms with Gasteiger partial charge in [0.25, 0.3) is 0 Å². The van der Waals surface area contributed by atoms with E-state index < -0.39 is 12.1 Å². The van der Waals surface area contributed by atoms with Gasteiger partial charge < -0.3 is 9.64 Å². The fourth-order valence-electron chi connectivity index (χ4n) is 4.63. The van der Waals surface area contributed by atoms with Crippen LogP contribution in [0.15, 0.2) is 18.6 Å². The summed E-state index contributed by atoms with van der Waals surface area (Å²) in [7, 11) is 0. The lowest BCUT2D eigenvalue weighted by atomic mass is 9.72. The zero-order valence-corrected chi connectivity index (χ0v) is 18.2. The zero-order chi connectivity index (χ0) is 22.7. The number of ether oxygens (including phenoxy) is 1. The maximum absolute atomic E-state index is 13.1. The summed E-state index contributed by atoms with van der Waals surface area (Å²) in [5.74, 6) is -1.12. The summed E-state index contributed by atoms with van der Waals surface area (Å²) in [6.45, 7) is 3.44. The van der Waals surface area contributed by atoms with Gasteiger partial charge in [0.15, 0.2) is 5.65 Å². The largest absolute Gasteiger partial charge is 0.391 e. The first-order valence-corrected chi connectivity index (χ1v) is 11.3. The first kappa shape index (κ1) is 20.8. The fraction of sp³-hybridized carbons (Fsp3) is 0.591. The van der Waals surface area contributed by atoms with Gasteiger partial charge in [-0.2, -0.15) is 23.3 Å². The third-order valence-corrected chi connectivity index (χ3v) is 6.79. The van der Waals surface area contributed by atoms with Crippen molar-refractivity contribution in [1.29, 1.82) is 0 Å². The third-order valence-electron chi connectivity index (χ3n) is 6.79. The first-order valence-electron chi connectivity index (χ1n) is 11.3. The molecule has 174 valence electrons. The van der Waals surface area contributed by atoms with Crippen LogP contribution in [-0.4, -0.2) is 55.6 Å². The molecule has 3 fully saturated rings. The third kappa shape index (κ3) is 3.92. The van der Waals surface area contributed by atoms with E-state index in [4.69, 9.17) is 9.72 Å². The predicted molar refractivity (Wildman–Crippen MR) is 113 cm³/mol. The number of morpholine rings is 1. The van der Waals surface area contributed by atoms with Gasteiger partial charge in [-0.3, -0.25) is 4.68 Å². The Morgan fingerprint density at radius 1 is 1.09 bits per heavy atom. The number of rotatable bonds is 4. The summed E-state index contributed by atoms with van der Waals surface area (Å²) in [6.07, 6.45) is 3.51. The quantitative estimate of drug-likeness (QED) is 0.585. The molecule has 2 saturated carbocycles. The van der Waals surface area contributed by atoms with E-state index in [-0.39, 0.29) is 24.9 Å². The number of aryl methyl sites for hydroxylation is 1. The standard InChI is InChI=1S/C22H24F3N7O/c1-12-8-26-19-18(13-6-15(7-13)22(23,24)25)29-21(30-20(19)28-12)31-4-5-33-17(11-31)14-9-27-32(10-14)16-2-3-16/h8-10,13,15-17H,2-7,11H2,1H3. The summed E-state index contributed by atoms with van der Waals surface area (Å²) >= 11 is 0. The maximum Gasteiger partial charge on any atom is 0.391 e. The van der Waals surface area contributed by atoms with Crippen molar-refractivity contribution in [2.45, 2.75) is 56.8 Å². The maximum atomic E-state index is 13.1. The molecule has 0 N–H and O–H groups in total. The van der Waals surface area contributed by atoms with Crippen molar-refractivity contribution in [3.05, 3.63) is 35.5 Å². The molecule has 0 radical (unpaired) electrons. The lowest BCUT2D eigenvalue weighted by Gasteiger charge is -2.37. The second kappa shape index (κ2) is 7.61. The minimum absolute atomic E-state index is 0.0245. The van der Waals surface area contributed by atoms with Gasteiger partial charge in [0.1, 0.15) is 11.6 Å². The van der Waals surface area contributed by atoms with E-state index in [1.807, 2.05) is 28.9 Å². The molecule has 0 bridgehead atoms. The van der Waals surface area contributed by atoms with Gasteiger partial charge >= 0.3 is 6.18 Å². The molecule has 1 saturated heterocycles. The summed E-state index contributed by atoms with van der Waals surface area (Å²) < 4.78 is 47.3. The SMILES string of the molecule is Cc1cnc2c(C3CC(C(F)(F)F)C3)nc(N3CCOC(c4cnn(C5CC5)c4)C3)nc2n1. The van der Waals surface area contributed by atoms with Crippen LogP contribution in [0.25, 0.3) is 11.2 Å². The normalized spacial score (nSPS) is 25.9. The Morgan fingerprint density at radius 3 is 2.67 bits per heavy atom. The second-order valence-electron chi connectivity index (χ2n) is 9.29. The Labute approximate surface area is 188 Å². The van der Waals surface area contributed by atoms with Crippen molar-refractivity contribution < 1.29 is 17.9 Å². The molecule has 4 heterocycles. The molecule has 3 aromatic rings. The highest BCUT2D eigenvalue weighted by atomic mass is 19.4. The summed E-state index contributed by atoms with van der Waals surface area (Å²) in [4.78, 5) is 20.3. The Hall–Kier alpha value is -2.82. The number of alkyl halides is 3. The van der Waals surface area contributed by atoms with Crippen LogP contribution in [0.1, 0.15) is 60.7 Å². The van der Waals surface area contributed by atoms with Gasteiger partial charge in [0, 0.05) is 30.4 Å². The van der Waals surface area contributed by atoms with Crippen LogP contribution in [0, 0.1) is 12.8 Å². The van der Waals surface area contributed by atoms with Crippen molar-refractivity contribution in [1.82, 2.24) is 29.7 Å². The van der Waals surface area contributed by atoms with Crippen molar-refractivity contribution in [2.75, 3.05) is 24.6 Å². The Bertz CT molecular complexity index is 1190. The minimum Gasteiger partial charge on any atom is -0.370 e. The van der Waals surface area contributed by atoms with Crippen molar-refractivity contribution >= 4 is 17.1 Å². The van der Waals surface area contributed by atoms with Gasteiger partial charge in [0.05, 0.1) is 42.7 Å². The smallest absolute Gasteiger partial charge is 0.370 e. The molecule has 0 spiro atoms. The number of aromatic nitrogens is 6. The van der Waals surface area contributed by atoms with Crippen LogP contribution in [-0.2, 0) is 4.74 Å². The first-order chi connectivity index (χ1) is 15.8. The van der Waals surface area contributed by atoms with Gasteiger partial charge in [-0.15, -0.1) is 0 Å². The lowest BCUT2D eigenvalue weighted by Crippen LogP contribution is -2.40. The molecule has 1 atom stereocenters. The van der Waals surface area contributed by atoms with Crippen molar-refractivity contribution in [3.8, 4) is 0 Å². The Kier molecular flexibility index (Phi) is 4.79. The summed E-state index contributed by atoms with van der Waals surface area (Å²) in [5, 5.41) is 4.46. The van der Waals surface area contributed by atoms with E-state index in [0.29, 0.717) is 54.2 Å². The second-order valence-corrected chi connectivity index (χ2v) is 9.29. The zero-order valence-electron chi connectivity index (χ0n) is 18.2. The van der Waals surface area contributed by atoms with Crippen LogP contribution < -0.4 is 4.90 Å². The van der Waals surface area contributed by atoms with E-state index in [2.05, 4.69) is 20.1 Å². The molecule has 3 aromatic heterocycles. The van der Waals surface area contributed by atoms with Crippen LogP contribution >= 0.6 is 0 Å². The number of nitrogens with zero attached hydrogens (tertiary/aromatic N) is 7. The van der Waals surface area contributed by atoms with Crippen LogP contribution in [0.4, 0.5) is 19.1 Å². The summed E-state index contributed by atoms with van der Waals surface area (Å²) in [6, 6.07) is 0.495. The Morgan fingerprint density at radius 2 is 1.91 bits per heavy atom. The fourth-order valence-corrected chi connectivity index (χ4v) is 4.63. The minimum atomic E-state index is -4.17. The highest BCUT2D eigenvalue weighted by Crippen LogP contribution is 2.50. The van der Waals surface area contributed by atoms with E-state index in [9.17, 15) is 13.2 Å². The molecule has 1 aliphatic heterocycles. The van der Waals surface area contributed by atoms with Crippen LogP contribution in [0.5, 0.6) is 0 Å². The predicted octanol–water partition coefficient (Wildman–Crippen LogP) is 3.89. The van der Waals surface area contributed by atoms with E-state index in [1.54, 1.807) is 6.20 Å². The molecule has 6 rings (SSSR count). The van der Waals surface area contributed by atoms with Crippen molar-refractivity contribution in [2.24, 2.45) is 5.92 Å². The van der Waals surface area contributed by atoms with Gasteiger partial charge in [-0.25, -0.2) is 15.0 Å². The molecule has 11 heteroatoms. The lowest BCUT2D eigenvalue weighted by molar-refractivity contribution is -0.197. The molecular formula is C22H24F3N7O. The van der Waals surface area contributed by atoms with Gasteiger partial charge in [-0.05, 0) is 32.6 Å². The van der Waals surface area contributed by atoms with Gasteiger partial charge in [-0.1, -0.05) is 0 Å². The van der Waals surface area contributed by atoms with Crippen molar-refractivity contribution in [3.63, 3.8) is 0 Å². The molecule has 8 nitrogen and oxygen atoms in total. The molecule has 1 unspecified atom stereocenters. The highest BCUT2D eigenvalue weighted by molar-refractivity contribution is 5.74.